The lowest BCUT2D eigenvalue weighted by Crippen LogP contribution is -2.13. The van der Waals surface area contributed by atoms with Crippen LogP contribution in [-0.2, 0) is 13.2 Å². The van der Waals surface area contributed by atoms with E-state index in [1.807, 2.05) is 0 Å². The van der Waals surface area contributed by atoms with Crippen LogP contribution in [0.3, 0.4) is 0 Å². The lowest BCUT2D eigenvalue weighted by atomic mass is 10.1. The summed E-state index contributed by atoms with van der Waals surface area (Å²) in [6.07, 6.45) is -5.69. The first kappa shape index (κ1) is 19.7. The van der Waals surface area contributed by atoms with Crippen LogP contribution in [0.15, 0.2) is 36.4 Å². The molecule has 1 atom stereocenters. The summed E-state index contributed by atoms with van der Waals surface area (Å²) in [7, 11) is 1.40. The summed E-state index contributed by atoms with van der Waals surface area (Å²) >= 11 is 0. The average Bonchev–Trinajstić information content (AvgIpc) is 2.98. The van der Waals surface area contributed by atoms with Crippen molar-refractivity contribution < 1.29 is 31.1 Å². The van der Waals surface area contributed by atoms with Gasteiger partial charge in [0.1, 0.15) is 5.82 Å². The summed E-state index contributed by atoms with van der Waals surface area (Å²) in [5, 5.41) is 7.56. The Morgan fingerprint density at radius 2 is 1.61 bits per heavy atom. The van der Waals surface area contributed by atoms with Gasteiger partial charge in [0, 0.05) is 24.7 Å². The molecule has 0 fully saturated rings. The number of benzene rings is 2. The SMILES string of the molecule is C[C@H](Oc1c(F)cc(F)cc1F)c1nnc(-c2ccccc2C(F)(F)F)n1C. The number of hydrogen-bond acceptors (Lipinski definition) is 3. The van der Waals surface area contributed by atoms with Crippen molar-refractivity contribution in [1.29, 1.82) is 0 Å². The van der Waals surface area contributed by atoms with E-state index in [0.29, 0.717) is 12.1 Å². The molecule has 0 radical (unpaired) electrons. The Labute approximate surface area is 155 Å². The Morgan fingerprint density at radius 3 is 2.21 bits per heavy atom. The van der Waals surface area contributed by atoms with E-state index in [1.54, 1.807) is 0 Å². The van der Waals surface area contributed by atoms with Gasteiger partial charge in [-0.25, -0.2) is 13.2 Å². The van der Waals surface area contributed by atoms with E-state index in [1.165, 1.54) is 36.7 Å². The van der Waals surface area contributed by atoms with Crippen LogP contribution < -0.4 is 4.74 Å². The zero-order valence-electron chi connectivity index (χ0n) is 14.6. The molecule has 3 aromatic rings. The Kier molecular flexibility index (Phi) is 5.05. The van der Waals surface area contributed by atoms with Crippen molar-refractivity contribution >= 4 is 0 Å². The van der Waals surface area contributed by atoms with E-state index < -0.39 is 41.0 Å². The van der Waals surface area contributed by atoms with Gasteiger partial charge in [-0.2, -0.15) is 13.2 Å². The van der Waals surface area contributed by atoms with Gasteiger partial charge in [0.25, 0.3) is 0 Å². The van der Waals surface area contributed by atoms with Gasteiger partial charge in [0.05, 0.1) is 5.56 Å². The minimum Gasteiger partial charge on any atom is -0.477 e. The molecule has 148 valence electrons. The smallest absolute Gasteiger partial charge is 0.417 e. The predicted octanol–water partition coefficient (Wildman–Crippen LogP) is 5.06. The molecule has 0 saturated carbocycles. The molecule has 0 spiro atoms. The Bertz CT molecular complexity index is 992. The maximum Gasteiger partial charge on any atom is 0.417 e. The third kappa shape index (κ3) is 3.67. The van der Waals surface area contributed by atoms with E-state index in [-0.39, 0.29) is 17.2 Å². The monoisotopic (exact) mass is 401 g/mol. The molecule has 0 aliphatic carbocycles. The molecule has 10 heteroatoms. The Hall–Kier alpha value is -3.04. The highest BCUT2D eigenvalue weighted by Gasteiger charge is 2.35. The molecule has 3 rings (SSSR count). The van der Waals surface area contributed by atoms with Gasteiger partial charge in [-0.15, -0.1) is 10.2 Å². The molecule has 1 heterocycles. The van der Waals surface area contributed by atoms with Gasteiger partial charge >= 0.3 is 6.18 Å². The molecule has 2 aromatic carbocycles. The van der Waals surface area contributed by atoms with Crippen LogP contribution in [0.2, 0.25) is 0 Å². The van der Waals surface area contributed by atoms with Gasteiger partial charge in [-0.1, -0.05) is 18.2 Å². The van der Waals surface area contributed by atoms with Crippen molar-refractivity contribution in [3.8, 4) is 17.1 Å². The second-order valence-electron chi connectivity index (χ2n) is 5.94. The molecule has 4 nitrogen and oxygen atoms in total. The third-order valence-electron chi connectivity index (χ3n) is 4.00. The van der Waals surface area contributed by atoms with E-state index >= 15 is 0 Å². The topological polar surface area (TPSA) is 39.9 Å². The highest BCUT2D eigenvalue weighted by Crippen LogP contribution is 2.37. The normalized spacial score (nSPS) is 12.9. The average molecular weight is 401 g/mol. The van der Waals surface area contributed by atoms with Crippen molar-refractivity contribution in [1.82, 2.24) is 14.8 Å². The Balaban J connectivity index is 1.97. The third-order valence-corrected chi connectivity index (χ3v) is 4.00. The van der Waals surface area contributed by atoms with Gasteiger partial charge in [0.2, 0.25) is 0 Å². The largest absolute Gasteiger partial charge is 0.477 e. The predicted molar refractivity (Wildman–Crippen MR) is 86.8 cm³/mol. The number of nitrogens with zero attached hydrogens (tertiary/aromatic N) is 3. The van der Waals surface area contributed by atoms with Crippen LogP contribution >= 0.6 is 0 Å². The standard InChI is InChI=1S/C18H13F6N3O/c1-9(28-15-13(20)7-10(19)8-14(15)21)16-25-26-17(27(16)2)11-5-3-4-6-12(11)18(22,23)24/h3-9H,1-2H3/t9-/m0/s1. The molecule has 0 amide bonds. The summed E-state index contributed by atoms with van der Waals surface area (Å²) in [5.74, 6) is -4.52. The second kappa shape index (κ2) is 7.17. The van der Waals surface area contributed by atoms with Crippen LogP contribution in [0, 0.1) is 17.5 Å². The first-order valence-corrected chi connectivity index (χ1v) is 7.96. The zero-order valence-corrected chi connectivity index (χ0v) is 14.6. The molecule has 0 aliphatic rings. The molecule has 0 unspecified atom stereocenters. The first-order valence-electron chi connectivity index (χ1n) is 7.96. The number of halogens is 6. The fourth-order valence-corrected chi connectivity index (χ4v) is 2.73. The molecular formula is C18H13F6N3O. The van der Waals surface area contributed by atoms with Crippen LogP contribution in [0.4, 0.5) is 26.3 Å². The minimum atomic E-state index is -4.61. The van der Waals surface area contributed by atoms with Gasteiger partial charge in [-0.05, 0) is 13.0 Å². The van der Waals surface area contributed by atoms with Crippen molar-refractivity contribution in [2.45, 2.75) is 19.2 Å². The summed E-state index contributed by atoms with van der Waals surface area (Å²) in [5.41, 5.74) is -1.11. The van der Waals surface area contributed by atoms with Crippen molar-refractivity contribution in [3.05, 3.63) is 65.2 Å². The lowest BCUT2D eigenvalue weighted by molar-refractivity contribution is -0.137. The maximum atomic E-state index is 13.8. The maximum absolute atomic E-state index is 13.8. The Morgan fingerprint density at radius 1 is 1.00 bits per heavy atom. The molecule has 0 N–H and O–H groups in total. The number of rotatable bonds is 4. The van der Waals surface area contributed by atoms with Gasteiger partial charge in [-0.3, -0.25) is 0 Å². The molecule has 1 aromatic heterocycles. The first-order chi connectivity index (χ1) is 13.1. The highest BCUT2D eigenvalue weighted by atomic mass is 19.4. The minimum absolute atomic E-state index is 0.0232. The van der Waals surface area contributed by atoms with E-state index in [0.717, 1.165) is 6.07 Å². The summed E-state index contributed by atoms with van der Waals surface area (Å²) in [6, 6.07) is 5.71. The number of hydrogen-bond donors (Lipinski definition) is 0. The fourth-order valence-electron chi connectivity index (χ4n) is 2.73. The fraction of sp³-hybridized carbons (Fsp3) is 0.222. The lowest BCUT2D eigenvalue weighted by Gasteiger charge is -2.16. The van der Waals surface area contributed by atoms with E-state index in [9.17, 15) is 26.3 Å². The summed E-state index contributed by atoms with van der Waals surface area (Å²) in [6.45, 7) is 1.38. The number of alkyl halides is 3. The number of ether oxygens (including phenoxy) is 1. The molecule has 0 aliphatic heterocycles. The quantitative estimate of drug-likeness (QED) is 0.574. The second-order valence-corrected chi connectivity index (χ2v) is 5.94. The van der Waals surface area contributed by atoms with E-state index in [4.69, 9.17) is 4.74 Å². The zero-order chi connectivity index (χ0) is 20.6. The van der Waals surface area contributed by atoms with Crippen LogP contribution in [0.5, 0.6) is 5.75 Å². The van der Waals surface area contributed by atoms with E-state index in [2.05, 4.69) is 10.2 Å². The summed E-state index contributed by atoms with van der Waals surface area (Å²) in [4.78, 5) is 0. The van der Waals surface area contributed by atoms with Gasteiger partial charge in [0.15, 0.2) is 35.1 Å². The molecular weight excluding hydrogens is 388 g/mol. The van der Waals surface area contributed by atoms with Crippen molar-refractivity contribution in [3.63, 3.8) is 0 Å². The van der Waals surface area contributed by atoms with Gasteiger partial charge < -0.3 is 9.30 Å². The number of aromatic nitrogens is 3. The highest BCUT2D eigenvalue weighted by molar-refractivity contribution is 5.61. The van der Waals surface area contributed by atoms with Crippen LogP contribution in [0.25, 0.3) is 11.4 Å². The molecule has 0 bridgehead atoms. The molecule has 0 saturated heterocycles. The van der Waals surface area contributed by atoms with Crippen molar-refractivity contribution in [2.24, 2.45) is 7.05 Å². The van der Waals surface area contributed by atoms with Crippen LogP contribution in [0.1, 0.15) is 24.4 Å². The van der Waals surface area contributed by atoms with Crippen molar-refractivity contribution in [2.75, 3.05) is 0 Å². The van der Waals surface area contributed by atoms with Crippen LogP contribution in [-0.4, -0.2) is 14.8 Å². The molecule has 28 heavy (non-hydrogen) atoms. The summed E-state index contributed by atoms with van der Waals surface area (Å²) < 4.78 is 86.7.